The number of carbonyl (C=O) groups excluding carboxylic acids is 2. The van der Waals surface area contributed by atoms with Crippen LogP contribution in [0.25, 0.3) is 28.2 Å². The summed E-state index contributed by atoms with van der Waals surface area (Å²) in [5.74, 6) is 0.471. The quantitative estimate of drug-likeness (QED) is 0.157. The van der Waals surface area contributed by atoms with Gasteiger partial charge in [-0.05, 0) is 105 Å². The van der Waals surface area contributed by atoms with Crippen molar-refractivity contribution in [3.8, 4) is 22.8 Å². The fourth-order valence-electron chi connectivity index (χ4n) is 7.58. The van der Waals surface area contributed by atoms with Gasteiger partial charge in [0.05, 0.1) is 18.3 Å². The lowest BCUT2D eigenvalue weighted by molar-refractivity contribution is -0.131. The highest BCUT2D eigenvalue weighted by molar-refractivity contribution is 6.06. The van der Waals surface area contributed by atoms with Crippen LogP contribution >= 0.6 is 0 Å². The zero-order chi connectivity index (χ0) is 34.1. The Morgan fingerprint density at radius 1 is 0.980 bits per heavy atom. The number of carboxylic acid groups (broad SMARTS) is 1. The van der Waals surface area contributed by atoms with Crippen molar-refractivity contribution in [2.75, 3.05) is 11.9 Å². The van der Waals surface area contributed by atoms with Gasteiger partial charge < -0.3 is 29.8 Å². The summed E-state index contributed by atoms with van der Waals surface area (Å²) < 4.78 is 14.6. The lowest BCUT2D eigenvalue weighted by atomic mass is 9.75. The van der Waals surface area contributed by atoms with Gasteiger partial charge in [-0.15, -0.1) is 0 Å². The third kappa shape index (κ3) is 6.54. The number of nitrogens with zero attached hydrogens (tertiary/aromatic N) is 1. The molecule has 9 heteroatoms. The van der Waals surface area contributed by atoms with Gasteiger partial charge in [-0.2, -0.15) is 0 Å². The molecule has 2 heterocycles. The summed E-state index contributed by atoms with van der Waals surface area (Å²) >= 11 is 0. The molecule has 7 rings (SSSR count). The predicted octanol–water partition coefficient (Wildman–Crippen LogP) is 7.92. The molecule has 254 valence electrons. The van der Waals surface area contributed by atoms with Crippen LogP contribution in [0, 0.1) is 0 Å². The zero-order valence-corrected chi connectivity index (χ0v) is 28.1. The van der Waals surface area contributed by atoms with Gasteiger partial charge in [-0.1, -0.05) is 37.5 Å². The molecule has 4 aromatic rings. The number of amides is 2. The molecule has 3 aliphatic rings. The molecule has 0 spiro atoms. The number of nitrogens with one attached hydrogen (secondary N) is 2. The highest BCUT2D eigenvalue weighted by Crippen LogP contribution is 2.48. The molecule has 2 fully saturated rings. The van der Waals surface area contributed by atoms with E-state index < -0.39 is 11.5 Å². The van der Waals surface area contributed by atoms with Crippen molar-refractivity contribution in [2.45, 2.75) is 89.3 Å². The van der Waals surface area contributed by atoms with Crippen LogP contribution in [0.2, 0.25) is 0 Å². The fraction of sp³-hybridized carbons (Fsp3) is 0.375. The van der Waals surface area contributed by atoms with Crippen LogP contribution in [-0.2, 0) is 16.1 Å². The molecule has 2 amide bonds. The molecular weight excluding hydrogens is 618 g/mol. The molecule has 3 N–H and O–H groups in total. The molecule has 2 aliphatic carbocycles. The van der Waals surface area contributed by atoms with Crippen molar-refractivity contribution in [3.05, 3.63) is 83.4 Å². The highest BCUT2D eigenvalue weighted by atomic mass is 16.5. The van der Waals surface area contributed by atoms with Gasteiger partial charge in [0.2, 0.25) is 5.91 Å². The van der Waals surface area contributed by atoms with Crippen molar-refractivity contribution in [1.29, 1.82) is 0 Å². The monoisotopic (exact) mass is 661 g/mol. The van der Waals surface area contributed by atoms with Gasteiger partial charge >= 0.3 is 5.97 Å². The molecule has 3 aromatic carbocycles. The van der Waals surface area contributed by atoms with Crippen molar-refractivity contribution < 1.29 is 29.0 Å². The second kappa shape index (κ2) is 13.5. The molecule has 1 aliphatic heterocycles. The summed E-state index contributed by atoms with van der Waals surface area (Å²) in [4.78, 5) is 38.3. The number of aromatic nitrogens is 1. The van der Waals surface area contributed by atoms with Crippen LogP contribution < -0.4 is 20.1 Å². The van der Waals surface area contributed by atoms with Gasteiger partial charge in [0.15, 0.2) is 0 Å². The van der Waals surface area contributed by atoms with E-state index in [1.165, 1.54) is 42.0 Å². The van der Waals surface area contributed by atoms with E-state index in [2.05, 4.69) is 27.3 Å². The molecule has 0 unspecified atom stereocenters. The maximum absolute atomic E-state index is 13.9. The van der Waals surface area contributed by atoms with Crippen LogP contribution in [0.5, 0.6) is 11.5 Å². The Balaban J connectivity index is 1.19. The van der Waals surface area contributed by atoms with Gasteiger partial charge in [-0.3, -0.25) is 9.59 Å². The topological polar surface area (TPSA) is 119 Å². The minimum Gasteiger partial charge on any atom is -0.491 e. The number of aliphatic carboxylic acids is 1. The Hall–Kier alpha value is -5.05. The van der Waals surface area contributed by atoms with E-state index in [-0.39, 0.29) is 17.9 Å². The van der Waals surface area contributed by atoms with Crippen molar-refractivity contribution in [1.82, 2.24) is 9.88 Å². The maximum atomic E-state index is 13.9. The van der Waals surface area contributed by atoms with E-state index >= 15 is 0 Å². The minimum atomic E-state index is -1.03. The summed E-state index contributed by atoms with van der Waals surface area (Å²) in [6, 6.07) is 19.0. The second-order valence-electron chi connectivity index (χ2n) is 13.8. The smallest absolute Gasteiger partial charge is 0.328 e. The third-order valence-electron chi connectivity index (χ3n) is 10.1. The summed E-state index contributed by atoms with van der Waals surface area (Å²) in [5.41, 5.74) is 5.36. The summed E-state index contributed by atoms with van der Waals surface area (Å²) in [6.07, 6.45) is 10.5. The number of carbonyl (C=O) groups is 3. The first-order chi connectivity index (χ1) is 23.7. The number of hydrogen-bond donors (Lipinski definition) is 3. The molecule has 0 bridgehead atoms. The normalized spacial score (nSPS) is 17.0. The Kier molecular flexibility index (Phi) is 8.92. The van der Waals surface area contributed by atoms with Crippen LogP contribution in [-0.4, -0.2) is 45.7 Å². The average molecular weight is 662 g/mol. The van der Waals surface area contributed by atoms with E-state index in [1.807, 2.05) is 38.1 Å². The molecule has 0 atom stereocenters. The van der Waals surface area contributed by atoms with Crippen molar-refractivity contribution >= 4 is 40.4 Å². The van der Waals surface area contributed by atoms with E-state index in [9.17, 15) is 14.4 Å². The number of fused-ring (bicyclic) bond motifs is 5. The summed E-state index contributed by atoms with van der Waals surface area (Å²) in [5, 5.41) is 16.1. The second-order valence-corrected chi connectivity index (χ2v) is 13.8. The number of benzene rings is 3. The van der Waals surface area contributed by atoms with E-state index in [0.29, 0.717) is 48.7 Å². The van der Waals surface area contributed by atoms with Gasteiger partial charge in [0.25, 0.3) is 5.91 Å². The van der Waals surface area contributed by atoms with Crippen LogP contribution in [0.1, 0.15) is 92.6 Å². The number of hydrogen-bond acceptors (Lipinski definition) is 5. The molecule has 0 radical (unpaired) electrons. The largest absolute Gasteiger partial charge is 0.491 e. The lowest BCUT2D eigenvalue weighted by Crippen LogP contribution is -2.61. The maximum Gasteiger partial charge on any atom is 0.328 e. The Morgan fingerprint density at radius 2 is 1.76 bits per heavy atom. The van der Waals surface area contributed by atoms with Crippen LogP contribution in [0.4, 0.5) is 5.69 Å². The molecule has 0 saturated heterocycles. The summed E-state index contributed by atoms with van der Waals surface area (Å²) in [7, 11) is 0. The number of anilines is 1. The van der Waals surface area contributed by atoms with Gasteiger partial charge in [-0.25, -0.2) is 4.79 Å². The number of ether oxygens (including phenoxy) is 2. The number of rotatable bonds is 9. The van der Waals surface area contributed by atoms with Crippen LogP contribution in [0.15, 0.2) is 66.7 Å². The first kappa shape index (κ1) is 32.5. The third-order valence-corrected chi connectivity index (χ3v) is 10.1. The van der Waals surface area contributed by atoms with Gasteiger partial charge in [0.1, 0.15) is 23.6 Å². The van der Waals surface area contributed by atoms with Crippen LogP contribution in [0.3, 0.4) is 0 Å². The first-order valence-electron chi connectivity index (χ1n) is 17.5. The molecule has 9 nitrogen and oxygen atoms in total. The zero-order valence-electron chi connectivity index (χ0n) is 28.1. The molecule has 49 heavy (non-hydrogen) atoms. The molecule has 1 aromatic heterocycles. The van der Waals surface area contributed by atoms with Crippen molar-refractivity contribution in [3.63, 3.8) is 0 Å². The van der Waals surface area contributed by atoms with Gasteiger partial charge in [0, 0.05) is 39.9 Å². The Morgan fingerprint density at radius 3 is 2.45 bits per heavy atom. The SMILES string of the molecule is CC(C)Oc1ccc2c(c1)OCCn1c-2c(C2CCCCC2)c2ccc(C(=O)NC3(C(=O)Nc4ccc(C=CC(=O)O)cc4)CCC3)cc21. The fourth-order valence-corrected chi connectivity index (χ4v) is 7.58. The molecular formula is C40H43N3O6. The lowest BCUT2D eigenvalue weighted by Gasteiger charge is -2.40. The Labute approximate surface area is 286 Å². The van der Waals surface area contributed by atoms with E-state index in [0.717, 1.165) is 47.9 Å². The van der Waals surface area contributed by atoms with E-state index in [4.69, 9.17) is 14.6 Å². The highest BCUT2D eigenvalue weighted by Gasteiger charge is 2.45. The minimum absolute atomic E-state index is 0.0591. The standard InChI is InChI=1S/C40H43N3O6/c1-25(2)49-30-15-17-32-34(24-30)48-22-21-43-33-23-28(12-16-31(33)36(37(32)43)27-7-4-3-5-8-27)38(46)42-40(19-6-20-40)39(47)41-29-13-9-26(10-14-29)11-18-35(44)45/h9-18,23-25,27H,3-8,19-22H2,1-2H3,(H,41,47)(H,42,46)(H,44,45). The number of carboxylic acids is 1. The average Bonchev–Trinajstić information content (AvgIpc) is 3.27. The summed E-state index contributed by atoms with van der Waals surface area (Å²) in [6.45, 7) is 5.18. The molecule has 2 saturated carbocycles. The Bertz CT molecular complexity index is 1930. The van der Waals surface area contributed by atoms with E-state index in [1.54, 1.807) is 24.3 Å². The van der Waals surface area contributed by atoms with Crippen molar-refractivity contribution in [2.24, 2.45) is 0 Å². The first-order valence-corrected chi connectivity index (χ1v) is 17.5. The predicted molar refractivity (Wildman–Crippen MR) is 190 cm³/mol.